The second kappa shape index (κ2) is 4.97. The van der Waals surface area contributed by atoms with Gasteiger partial charge in [0.15, 0.2) is 0 Å². The molecular weight excluding hydrogens is 164 g/mol. The first-order valence-corrected chi connectivity index (χ1v) is 5.40. The number of ether oxygens (including phenoxy) is 2. The maximum atomic E-state index is 5.80. The van der Waals surface area contributed by atoms with Crippen molar-refractivity contribution in [2.24, 2.45) is 0 Å². The Balaban J connectivity index is 2.35. The van der Waals surface area contributed by atoms with E-state index in [0.29, 0.717) is 24.4 Å². The standard InChI is InChI=1S/C11H22O2/c1-8(2)12-10-6-5-7-11(10)13-9(3)4/h8-11H,5-7H2,1-4H3/t10-,11-/m1/s1. The molecule has 1 fully saturated rings. The van der Waals surface area contributed by atoms with Gasteiger partial charge in [-0.05, 0) is 47.0 Å². The summed E-state index contributed by atoms with van der Waals surface area (Å²) < 4.78 is 11.6. The van der Waals surface area contributed by atoms with Crippen LogP contribution in [0.2, 0.25) is 0 Å². The molecule has 0 amide bonds. The molecule has 0 heterocycles. The third-order valence-electron chi connectivity index (χ3n) is 2.29. The van der Waals surface area contributed by atoms with E-state index < -0.39 is 0 Å². The van der Waals surface area contributed by atoms with Crippen LogP contribution < -0.4 is 0 Å². The predicted molar refractivity (Wildman–Crippen MR) is 53.9 cm³/mol. The highest BCUT2D eigenvalue weighted by atomic mass is 16.6. The van der Waals surface area contributed by atoms with E-state index in [0.717, 1.165) is 12.8 Å². The van der Waals surface area contributed by atoms with E-state index in [1.54, 1.807) is 0 Å². The van der Waals surface area contributed by atoms with Crippen LogP contribution >= 0.6 is 0 Å². The van der Waals surface area contributed by atoms with Crippen LogP contribution in [0.4, 0.5) is 0 Å². The molecule has 2 atom stereocenters. The van der Waals surface area contributed by atoms with E-state index in [1.165, 1.54) is 6.42 Å². The van der Waals surface area contributed by atoms with E-state index in [9.17, 15) is 0 Å². The molecule has 1 aliphatic rings. The lowest BCUT2D eigenvalue weighted by Crippen LogP contribution is -2.30. The summed E-state index contributed by atoms with van der Waals surface area (Å²) in [4.78, 5) is 0. The van der Waals surface area contributed by atoms with Crippen molar-refractivity contribution in [3.05, 3.63) is 0 Å². The van der Waals surface area contributed by atoms with Crippen molar-refractivity contribution >= 4 is 0 Å². The Morgan fingerprint density at radius 3 is 1.54 bits per heavy atom. The number of rotatable bonds is 4. The van der Waals surface area contributed by atoms with Gasteiger partial charge < -0.3 is 9.47 Å². The van der Waals surface area contributed by atoms with Crippen molar-refractivity contribution in [1.29, 1.82) is 0 Å². The third kappa shape index (κ3) is 3.65. The number of hydrogen-bond acceptors (Lipinski definition) is 2. The van der Waals surface area contributed by atoms with E-state index in [-0.39, 0.29) is 0 Å². The molecule has 0 radical (unpaired) electrons. The van der Waals surface area contributed by atoms with Crippen LogP contribution in [0.1, 0.15) is 47.0 Å². The lowest BCUT2D eigenvalue weighted by atomic mass is 10.2. The Labute approximate surface area is 81.6 Å². The van der Waals surface area contributed by atoms with Gasteiger partial charge in [-0.2, -0.15) is 0 Å². The van der Waals surface area contributed by atoms with Crippen LogP contribution in [0.3, 0.4) is 0 Å². The van der Waals surface area contributed by atoms with Gasteiger partial charge in [-0.15, -0.1) is 0 Å². The van der Waals surface area contributed by atoms with Crippen LogP contribution in [-0.2, 0) is 9.47 Å². The SMILES string of the molecule is CC(C)O[C@@H]1CCC[C@H]1OC(C)C. The Morgan fingerprint density at radius 1 is 0.846 bits per heavy atom. The van der Waals surface area contributed by atoms with Gasteiger partial charge in [-0.25, -0.2) is 0 Å². The molecule has 0 spiro atoms. The molecule has 2 nitrogen and oxygen atoms in total. The topological polar surface area (TPSA) is 18.5 Å². The zero-order valence-electron chi connectivity index (χ0n) is 9.25. The molecule has 0 saturated heterocycles. The van der Waals surface area contributed by atoms with Crippen molar-refractivity contribution in [3.63, 3.8) is 0 Å². The molecule has 0 aliphatic heterocycles. The lowest BCUT2D eigenvalue weighted by molar-refractivity contribution is -0.0942. The van der Waals surface area contributed by atoms with Gasteiger partial charge >= 0.3 is 0 Å². The first-order chi connectivity index (χ1) is 6.09. The summed E-state index contributed by atoms with van der Waals surface area (Å²) in [6.45, 7) is 8.35. The summed E-state index contributed by atoms with van der Waals surface area (Å²) in [6.07, 6.45) is 4.88. The number of hydrogen-bond donors (Lipinski definition) is 0. The van der Waals surface area contributed by atoms with Gasteiger partial charge in [-0.3, -0.25) is 0 Å². The Morgan fingerprint density at radius 2 is 1.23 bits per heavy atom. The quantitative estimate of drug-likeness (QED) is 0.672. The van der Waals surface area contributed by atoms with Gasteiger partial charge in [0, 0.05) is 0 Å². The Bertz CT molecular complexity index is 127. The predicted octanol–water partition coefficient (Wildman–Crippen LogP) is 2.76. The molecule has 0 unspecified atom stereocenters. The van der Waals surface area contributed by atoms with E-state index >= 15 is 0 Å². The molecule has 0 N–H and O–H groups in total. The molecule has 1 saturated carbocycles. The summed E-state index contributed by atoms with van der Waals surface area (Å²) >= 11 is 0. The Hall–Kier alpha value is -0.0800. The largest absolute Gasteiger partial charge is 0.373 e. The maximum absolute atomic E-state index is 5.80. The highest BCUT2D eigenvalue weighted by molar-refractivity contribution is 4.79. The van der Waals surface area contributed by atoms with Gasteiger partial charge in [0.2, 0.25) is 0 Å². The molecular formula is C11H22O2. The second-order valence-electron chi connectivity index (χ2n) is 4.38. The fourth-order valence-corrected chi connectivity index (χ4v) is 1.90. The molecule has 0 aromatic carbocycles. The molecule has 13 heavy (non-hydrogen) atoms. The average Bonchev–Trinajstić information content (AvgIpc) is 2.34. The van der Waals surface area contributed by atoms with Crippen LogP contribution in [0.15, 0.2) is 0 Å². The van der Waals surface area contributed by atoms with Crippen LogP contribution in [0.5, 0.6) is 0 Å². The second-order valence-corrected chi connectivity index (χ2v) is 4.38. The molecule has 78 valence electrons. The molecule has 0 bridgehead atoms. The van der Waals surface area contributed by atoms with Crippen molar-refractivity contribution in [2.75, 3.05) is 0 Å². The smallest absolute Gasteiger partial charge is 0.0840 e. The lowest BCUT2D eigenvalue weighted by Gasteiger charge is -2.24. The highest BCUT2D eigenvalue weighted by Gasteiger charge is 2.29. The minimum atomic E-state index is 0.321. The minimum absolute atomic E-state index is 0.321. The normalized spacial score (nSPS) is 29.1. The van der Waals surface area contributed by atoms with Crippen LogP contribution in [-0.4, -0.2) is 24.4 Å². The Kier molecular flexibility index (Phi) is 4.20. The molecule has 0 aromatic rings. The summed E-state index contributed by atoms with van der Waals surface area (Å²) in [7, 11) is 0. The van der Waals surface area contributed by atoms with Gasteiger partial charge in [0.25, 0.3) is 0 Å². The maximum Gasteiger partial charge on any atom is 0.0840 e. The third-order valence-corrected chi connectivity index (χ3v) is 2.29. The van der Waals surface area contributed by atoms with Crippen molar-refractivity contribution < 1.29 is 9.47 Å². The summed E-state index contributed by atoms with van der Waals surface area (Å²) in [5, 5.41) is 0. The first kappa shape index (κ1) is 11.0. The van der Waals surface area contributed by atoms with Crippen molar-refractivity contribution in [3.8, 4) is 0 Å². The molecule has 2 heteroatoms. The highest BCUT2D eigenvalue weighted by Crippen LogP contribution is 2.26. The summed E-state index contributed by atoms with van der Waals surface area (Å²) in [5.41, 5.74) is 0. The van der Waals surface area contributed by atoms with E-state index in [1.807, 2.05) is 0 Å². The van der Waals surface area contributed by atoms with Crippen molar-refractivity contribution in [1.82, 2.24) is 0 Å². The molecule has 1 aliphatic carbocycles. The van der Waals surface area contributed by atoms with Gasteiger partial charge in [0.1, 0.15) is 0 Å². The minimum Gasteiger partial charge on any atom is -0.373 e. The zero-order valence-corrected chi connectivity index (χ0v) is 9.25. The first-order valence-electron chi connectivity index (χ1n) is 5.40. The van der Waals surface area contributed by atoms with Crippen LogP contribution in [0, 0.1) is 0 Å². The fraction of sp³-hybridized carbons (Fsp3) is 1.00. The van der Waals surface area contributed by atoms with Gasteiger partial charge in [0.05, 0.1) is 24.4 Å². The average molecular weight is 186 g/mol. The van der Waals surface area contributed by atoms with E-state index in [2.05, 4.69) is 27.7 Å². The molecule has 0 aromatic heterocycles. The monoisotopic (exact) mass is 186 g/mol. The summed E-state index contributed by atoms with van der Waals surface area (Å²) in [6, 6.07) is 0. The zero-order chi connectivity index (χ0) is 9.84. The van der Waals surface area contributed by atoms with Crippen LogP contribution in [0.25, 0.3) is 0 Å². The summed E-state index contributed by atoms with van der Waals surface area (Å²) in [5.74, 6) is 0. The molecule has 1 rings (SSSR count). The fourth-order valence-electron chi connectivity index (χ4n) is 1.90. The van der Waals surface area contributed by atoms with Gasteiger partial charge in [-0.1, -0.05) is 0 Å². The van der Waals surface area contributed by atoms with E-state index in [4.69, 9.17) is 9.47 Å². The van der Waals surface area contributed by atoms with Crippen molar-refractivity contribution in [2.45, 2.75) is 71.4 Å².